The zero-order chi connectivity index (χ0) is 14.0. The van der Waals surface area contributed by atoms with E-state index in [1.165, 1.54) is 11.3 Å². The molecule has 1 amide bonds. The molecule has 2 unspecified atom stereocenters. The van der Waals surface area contributed by atoms with Gasteiger partial charge in [-0.25, -0.2) is 0 Å². The molecule has 1 fully saturated rings. The third-order valence-corrected chi connectivity index (χ3v) is 5.02. The number of carbonyl (C=O) groups is 2. The van der Waals surface area contributed by atoms with Crippen molar-refractivity contribution in [1.29, 1.82) is 0 Å². The Kier molecular flexibility index (Phi) is 4.59. The van der Waals surface area contributed by atoms with E-state index in [2.05, 4.69) is 15.9 Å². The molecule has 0 bridgehead atoms. The van der Waals surface area contributed by atoms with Crippen LogP contribution in [0.5, 0.6) is 0 Å². The van der Waals surface area contributed by atoms with Crippen LogP contribution in [0.3, 0.4) is 0 Å². The monoisotopic (exact) mass is 347 g/mol. The van der Waals surface area contributed by atoms with Crippen LogP contribution in [0.25, 0.3) is 0 Å². The summed E-state index contributed by atoms with van der Waals surface area (Å²) in [5, 5.41) is 10.8. The molecule has 0 spiro atoms. The molecule has 0 aliphatic carbocycles. The minimum absolute atomic E-state index is 0.0470. The van der Waals surface area contributed by atoms with E-state index in [1.807, 2.05) is 11.4 Å². The predicted molar refractivity (Wildman–Crippen MR) is 74.5 cm³/mol. The van der Waals surface area contributed by atoms with Crippen LogP contribution in [0, 0.1) is 0 Å². The summed E-state index contributed by atoms with van der Waals surface area (Å²) in [6, 6.07) is 1.51. The smallest absolute Gasteiger partial charge is 0.305 e. The third-order valence-electron chi connectivity index (χ3n) is 3.19. The molecule has 2 heterocycles. The number of ether oxygens (including phenoxy) is 1. The number of thiophene rings is 1. The summed E-state index contributed by atoms with van der Waals surface area (Å²) in [5.74, 6) is -1.03. The second kappa shape index (κ2) is 6.02. The average molecular weight is 348 g/mol. The van der Waals surface area contributed by atoms with E-state index in [1.54, 1.807) is 12.0 Å². The molecule has 1 N–H and O–H groups in total. The fraction of sp³-hybridized carbons (Fsp3) is 0.500. The highest BCUT2D eigenvalue weighted by Gasteiger charge is 2.37. The second-order valence-corrected chi connectivity index (χ2v) is 6.17. The Morgan fingerprint density at radius 3 is 2.89 bits per heavy atom. The van der Waals surface area contributed by atoms with Gasteiger partial charge in [0.25, 0.3) is 5.91 Å². The van der Waals surface area contributed by atoms with E-state index in [0.717, 1.165) is 4.47 Å². The summed E-state index contributed by atoms with van der Waals surface area (Å²) in [5.41, 5.74) is 0. The summed E-state index contributed by atoms with van der Waals surface area (Å²) in [6.07, 6.45) is 0.429. The molecule has 1 aromatic heterocycles. The molecule has 0 radical (unpaired) electrons. The summed E-state index contributed by atoms with van der Waals surface area (Å²) in [7, 11) is 1.58. The van der Waals surface area contributed by atoms with Gasteiger partial charge < -0.3 is 14.7 Å². The van der Waals surface area contributed by atoms with Gasteiger partial charge in [0, 0.05) is 24.2 Å². The lowest BCUT2D eigenvalue weighted by Crippen LogP contribution is -2.37. The van der Waals surface area contributed by atoms with Crippen molar-refractivity contribution in [2.24, 2.45) is 0 Å². The van der Waals surface area contributed by atoms with Crippen molar-refractivity contribution in [1.82, 2.24) is 4.90 Å². The summed E-state index contributed by atoms with van der Waals surface area (Å²) in [4.78, 5) is 25.5. The zero-order valence-electron chi connectivity index (χ0n) is 10.3. The molecule has 19 heavy (non-hydrogen) atoms. The Bertz CT molecular complexity index is 490. The van der Waals surface area contributed by atoms with Crippen LogP contribution in [-0.4, -0.2) is 47.7 Å². The number of halogens is 1. The lowest BCUT2D eigenvalue weighted by Gasteiger charge is -2.22. The van der Waals surface area contributed by atoms with Crippen molar-refractivity contribution >= 4 is 39.1 Å². The first-order valence-electron chi connectivity index (χ1n) is 5.81. The van der Waals surface area contributed by atoms with E-state index < -0.39 is 5.97 Å². The van der Waals surface area contributed by atoms with Crippen molar-refractivity contribution in [2.45, 2.75) is 25.0 Å². The number of likely N-dealkylation sites (tertiary alicyclic amines) is 1. The van der Waals surface area contributed by atoms with Gasteiger partial charge in [-0.2, -0.15) is 0 Å². The molecule has 104 valence electrons. The zero-order valence-corrected chi connectivity index (χ0v) is 12.7. The van der Waals surface area contributed by atoms with Crippen molar-refractivity contribution in [3.8, 4) is 0 Å². The minimum atomic E-state index is -0.898. The maximum atomic E-state index is 12.4. The topological polar surface area (TPSA) is 66.8 Å². The fourth-order valence-corrected chi connectivity index (χ4v) is 3.76. The Labute approximate surface area is 123 Å². The van der Waals surface area contributed by atoms with E-state index >= 15 is 0 Å². The van der Waals surface area contributed by atoms with Gasteiger partial charge in [-0.1, -0.05) is 0 Å². The number of methoxy groups -OCH3 is 1. The quantitative estimate of drug-likeness (QED) is 0.906. The molecule has 1 aliphatic heterocycles. The van der Waals surface area contributed by atoms with Gasteiger partial charge in [-0.05, 0) is 33.8 Å². The average Bonchev–Trinajstić information content (AvgIpc) is 2.94. The summed E-state index contributed by atoms with van der Waals surface area (Å²) in [6.45, 7) is 0.442. The van der Waals surface area contributed by atoms with Gasteiger partial charge in [-0.3, -0.25) is 9.59 Å². The van der Waals surface area contributed by atoms with E-state index in [9.17, 15) is 9.59 Å². The number of carboxylic acids is 1. The highest BCUT2D eigenvalue weighted by atomic mass is 79.9. The lowest BCUT2D eigenvalue weighted by molar-refractivity contribution is -0.137. The van der Waals surface area contributed by atoms with Crippen LogP contribution in [0.4, 0.5) is 0 Å². The van der Waals surface area contributed by atoms with Crippen molar-refractivity contribution in [3.05, 3.63) is 20.8 Å². The van der Waals surface area contributed by atoms with E-state index in [-0.39, 0.29) is 24.5 Å². The summed E-state index contributed by atoms with van der Waals surface area (Å²) < 4.78 is 6.00. The lowest BCUT2D eigenvalue weighted by atomic mass is 10.1. The molecular formula is C12H14BrNO4S. The molecule has 5 nitrogen and oxygen atoms in total. The SMILES string of the molecule is COC1CC(CC(=O)O)N(C(=O)c2sccc2Br)C1. The van der Waals surface area contributed by atoms with E-state index in [0.29, 0.717) is 17.8 Å². The maximum Gasteiger partial charge on any atom is 0.305 e. The van der Waals surface area contributed by atoms with Crippen molar-refractivity contribution in [2.75, 3.05) is 13.7 Å². The molecule has 0 saturated carbocycles. The Morgan fingerprint density at radius 1 is 1.63 bits per heavy atom. The Balaban J connectivity index is 2.18. The molecule has 0 aromatic carbocycles. The number of carbonyl (C=O) groups excluding carboxylic acids is 1. The molecular weight excluding hydrogens is 334 g/mol. The largest absolute Gasteiger partial charge is 0.481 e. The highest BCUT2D eigenvalue weighted by molar-refractivity contribution is 9.10. The number of carboxylic acid groups (broad SMARTS) is 1. The molecule has 1 aromatic rings. The van der Waals surface area contributed by atoms with E-state index in [4.69, 9.17) is 9.84 Å². The number of rotatable bonds is 4. The van der Waals surface area contributed by atoms with Crippen LogP contribution in [0.1, 0.15) is 22.5 Å². The number of hydrogen-bond donors (Lipinski definition) is 1. The number of aliphatic carboxylic acids is 1. The van der Waals surface area contributed by atoms with Gasteiger partial charge in [-0.15, -0.1) is 11.3 Å². The number of nitrogens with zero attached hydrogens (tertiary/aromatic N) is 1. The fourth-order valence-electron chi connectivity index (χ4n) is 2.27. The highest BCUT2D eigenvalue weighted by Crippen LogP contribution is 2.29. The van der Waals surface area contributed by atoms with Gasteiger partial charge in [0.1, 0.15) is 4.88 Å². The minimum Gasteiger partial charge on any atom is -0.481 e. The summed E-state index contributed by atoms with van der Waals surface area (Å²) >= 11 is 4.68. The van der Waals surface area contributed by atoms with Crippen LogP contribution in [-0.2, 0) is 9.53 Å². The third kappa shape index (κ3) is 3.16. The molecule has 7 heteroatoms. The van der Waals surface area contributed by atoms with Crippen LogP contribution >= 0.6 is 27.3 Å². The van der Waals surface area contributed by atoms with Crippen molar-refractivity contribution < 1.29 is 19.4 Å². The molecule has 1 saturated heterocycles. The predicted octanol–water partition coefficient (Wildman–Crippen LogP) is 2.21. The van der Waals surface area contributed by atoms with Gasteiger partial charge in [0.15, 0.2) is 0 Å². The Hall–Kier alpha value is -0.920. The molecule has 1 aliphatic rings. The van der Waals surface area contributed by atoms with Gasteiger partial charge in [0.05, 0.1) is 12.5 Å². The Morgan fingerprint density at radius 2 is 2.37 bits per heavy atom. The molecule has 2 rings (SSSR count). The normalized spacial score (nSPS) is 22.7. The molecule has 2 atom stereocenters. The second-order valence-electron chi connectivity index (χ2n) is 4.40. The first-order valence-corrected chi connectivity index (χ1v) is 7.48. The van der Waals surface area contributed by atoms with Crippen molar-refractivity contribution in [3.63, 3.8) is 0 Å². The number of hydrogen-bond acceptors (Lipinski definition) is 4. The first kappa shape index (κ1) is 14.5. The maximum absolute atomic E-state index is 12.4. The standard InChI is InChI=1S/C12H14BrNO4S/c1-18-8-4-7(5-10(15)16)14(6-8)12(17)11-9(13)2-3-19-11/h2-3,7-8H,4-6H2,1H3,(H,15,16). The van der Waals surface area contributed by atoms with Gasteiger partial charge in [0.2, 0.25) is 0 Å². The van der Waals surface area contributed by atoms with Crippen LogP contribution < -0.4 is 0 Å². The number of amides is 1. The van der Waals surface area contributed by atoms with Crippen LogP contribution in [0.2, 0.25) is 0 Å². The van der Waals surface area contributed by atoms with Crippen LogP contribution in [0.15, 0.2) is 15.9 Å². The van der Waals surface area contributed by atoms with Gasteiger partial charge >= 0.3 is 5.97 Å². The first-order chi connectivity index (χ1) is 9.02.